The number of rotatable bonds is 7. The highest BCUT2D eigenvalue weighted by molar-refractivity contribution is 5.91. The molecule has 0 spiro atoms. The van der Waals surface area contributed by atoms with Crippen LogP contribution in [0.5, 0.6) is 0 Å². The lowest BCUT2D eigenvalue weighted by atomic mass is 10.0. The van der Waals surface area contributed by atoms with Crippen molar-refractivity contribution in [3.63, 3.8) is 0 Å². The molecule has 4 heteroatoms. The van der Waals surface area contributed by atoms with E-state index in [4.69, 9.17) is 0 Å². The topological polar surface area (TPSA) is 62.2 Å². The van der Waals surface area contributed by atoms with Gasteiger partial charge >= 0.3 is 0 Å². The van der Waals surface area contributed by atoms with E-state index >= 15 is 0 Å². The molecule has 0 aliphatic carbocycles. The number of aromatic nitrogens is 1. The molecule has 4 nitrogen and oxygen atoms in total. The fraction of sp³-hybridized carbons (Fsp3) is 0.300. The van der Waals surface area contributed by atoms with Gasteiger partial charge in [-0.1, -0.05) is 35.4 Å². The van der Waals surface area contributed by atoms with Gasteiger partial charge in [-0.05, 0) is 44.0 Å². The molecule has 0 saturated carbocycles. The molecule has 0 fully saturated rings. The molecule has 0 saturated heterocycles. The lowest BCUT2D eigenvalue weighted by Crippen LogP contribution is -2.30. The van der Waals surface area contributed by atoms with Crippen molar-refractivity contribution in [1.29, 1.82) is 0 Å². The van der Waals surface area contributed by atoms with Gasteiger partial charge in [0, 0.05) is 37.0 Å². The number of carbonyl (C=O) groups excluding carboxylic acids is 1. The second-order valence-corrected chi connectivity index (χ2v) is 6.07. The van der Waals surface area contributed by atoms with E-state index in [1.807, 2.05) is 50.3 Å². The van der Waals surface area contributed by atoms with Crippen molar-refractivity contribution in [3.8, 4) is 0 Å². The maximum atomic E-state index is 12.0. The zero-order valence-corrected chi connectivity index (χ0v) is 14.2. The van der Waals surface area contributed by atoms with Crippen LogP contribution in [0, 0.1) is 19.8 Å². The van der Waals surface area contributed by atoms with Crippen molar-refractivity contribution in [2.75, 3.05) is 13.2 Å². The number of nitrogens with one attached hydrogen (secondary N) is 1. The van der Waals surface area contributed by atoms with Crippen molar-refractivity contribution in [2.24, 2.45) is 5.92 Å². The molecule has 1 atom stereocenters. The van der Waals surface area contributed by atoms with Crippen LogP contribution in [0.15, 0.2) is 48.7 Å². The Morgan fingerprint density at radius 2 is 2.00 bits per heavy atom. The van der Waals surface area contributed by atoms with Crippen LogP contribution in [-0.4, -0.2) is 29.1 Å². The Labute approximate surface area is 143 Å². The van der Waals surface area contributed by atoms with Crippen LogP contribution in [0.25, 0.3) is 6.08 Å². The van der Waals surface area contributed by atoms with Gasteiger partial charge in [0.25, 0.3) is 0 Å². The average molecular weight is 324 g/mol. The second-order valence-electron chi connectivity index (χ2n) is 6.07. The fourth-order valence-corrected chi connectivity index (χ4v) is 2.60. The van der Waals surface area contributed by atoms with E-state index in [-0.39, 0.29) is 18.4 Å². The first-order chi connectivity index (χ1) is 11.6. The number of pyridine rings is 1. The van der Waals surface area contributed by atoms with Crippen molar-refractivity contribution in [3.05, 3.63) is 71.1 Å². The maximum Gasteiger partial charge on any atom is 0.244 e. The summed E-state index contributed by atoms with van der Waals surface area (Å²) in [5.74, 6) is -0.202. The summed E-state index contributed by atoms with van der Waals surface area (Å²) in [4.78, 5) is 16.2. The summed E-state index contributed by atoms with van der Waals surface area (Å²) in [6.07, 6.45) is 5.71. The minimum absolute atomic E-state index is 0.0116. The molecule has 24 heavy (non-hydrogen) atoms. The quantitative estimate of drug-likeness (QED) is 0.770. The number of nitrogens with zero attached hydrogens (tertiary/aromatic N) is 1. The normalized spacial score (nSPS) is 12.3. The van der Waals surface area contributed by atoms with Crippen LogP contribution in [0.4, 0.5) is 0 Å². The molecule has 1 unspecified atom stereocenters. The van der Waals surface area contributed by atoms with Crippen LogP contribution in [0.1, 0.15) is 22.4 Å². The zero-order chi connectivity index (χ0) is 17.4. The third-order valence-electron chi connectivity index (χ3n) is 3.72. The molecule has 1 heterocycles. The first-order valence-corrected chi connectivity index (χ1v) is 8.12. The van der Waals surface area contributed by atoms with Gasteiger partial charge in [0.1, 0.15) is 0 Å². The van der Waals surface area contributed by atoms with Crippen LogP contribution >= 0.6 is 0 Å². The van der Waals surface area contributed by atoms with E-state index in [0.29, 0.717) is 13.0 Å². The van der Waals surface area contributed by atoms with E-state index in [1.165, 1.54) is 17.2 Å². The Bertz CT molecular complexity index is 676. The zero-order valence-electron chi connectivity index (χ0n) is 14.2. The van der Waals surface area contributed by atoms with Crippen molar-refractivity contribution >= 4 is 12.0 Å². The third kappa shape index (κ3) is 5.97. The van der Waals surface area contributed by atoms with E-state index in [0.717, 1.165) is 11.3 Å². The Balaban J connectivity index is 1.86. The summed E-state index contributed by atoms with van der Waals surface area (Å²) >= 11 is 0. The number of hydrogen-bond donors (Lipinski definition) is 2. The highest BCUT2D eigenvalue weighted by Gasteiger charge is 2.10. The average Bonchev–Trinajstić information content (AvgIpc) is 2.57. The highest BCUT2D eigenvalue weighted by atomic mass is 16.3. The molecule has 2 rings (SSSR count). The number of aliphatic hydroxyl groups is 1. The third-order valence-corrected chi connectivity index (χ3v) is 3.72. The van der Waals surface area contributed by atoms with Crippen molar-refractivity contribution in [2.45, 2.75) is 20.3 Å². The SMILES string of the molecule is Cc1cc(C)cc(/C=C/C(=O)NCC(CO)Cc2ccccn2)c1. The molecule has 2 aromatic rings. The smallest absolute Gasteiger partial charge is 0.244 e. The molecule has 1 amide bonds. The van der Waals surface area contributed by atoms with E-state index in [1.54, 1.807) is 6.20 Å². The summed E-state index contributed by atoms with van der Waals surface area (Å²) in [6.45, 7) is 4.50. The number of hydrogen-bond acceptors (Lipinski definition) is 3. The van der Waals surface area contributed by atoms with Gasteiger partial charge < -0.3 is 10.4 Å². The molecule has 1 aromatic carbocycles. The molecule has 0 bridgehead atoms. The van der Waals surface area contributed by atoms with Crippen LogP contribution in [-0.2, 0) is 11.2 Å². The standard InChI is InChI=1S/C20H24N2O2/c1-15-9-16(2)11-17(10-15)6-7-20(24)22-13-18(14-23)12-19-5-3-4-8-21-19/h3-11,18,23H,12-14H2,1-2H3,(H,22,24)/b7-6+. The molecule has 0 aliphatic heterocycles. The summed E-state index contributed by atoms with van der Waals surface area (Å²) in [7, 11) is 0. The van der Waals surface area contributed by atoms with Gasteiger partial charge in [-0.15, -0.1) is 0 Å². The lowest BCUT2D eigenvalue weighted by Gasteiger charge is -2.13. The summed E-state index contributed by atoms with van der Waals surface area (Å²) < 4.78 is 0. The van der Waals surface area contributed by atoms with Crippen molar-refractivity contribution < 1.29 is 9.90 Å². The minimum Gasteiger partial charge on any atom is -0.396 e. The van der Waals surface area contributed by atoms with Gasteiger partial charge in [-0.2, -0.15) is 0 Å². The monoisotopic (exact) mass is 324 g/mol. The number of carbonyl (C=O) groups is 1. The predicted molar refractivity (Wildman–Crippen MR) is 96.5 cm³/mol. The molecular weight excluding hydrogens is 300 g/mol. The van der Waals surface area contributed by atoms with Crippen LogP contribution in [0.3, 0.4) is 0 Å². The van der Waals surface area contributed by atoms with E-state index in [9.17, 15) is 9.90 Å². The Morgan fingerprint density at radius 3 is 2.62 bits per heavy atom. The van der Waals surface area contributed by atoms with Crippen LogP contribution < -0.4 is 5.32 Å². The molecule has 2 N–H and O–H groups in total. The van der Waals surface area contributed by atoms with E-state index < -0.39 is 0 Å². The van der Waals surface area contributed by atoms with Gasteiger partial charge in [-0.25, -0.2) is 0 Å². The van der Waals surface area contributed by atoms with Gasteiger partial charge in [0.15, 0.2) is 0 Å². The first-order valence-electron chi connectivity index (χ1n) is 8.12. The second kappa shape index (κ2) is 8.99. The Morgan fingerprint density at radius 1 is 1.25 bits per heavy atom. The molecule has 1 aromatic heterocycles. The summed E-state index contributed by atoms with van der Waals surface area (Å²) in [6, 6.07) is 11.9. The fourth-order valence-electron chi connectivity index (χ4n) is 2.60. The Kier molecular flexibility index (Phi) is 6.70. The predicted octanol–water partition coefficient (Wildman–Crippen LogP) is 2.68. The number of aryl methyl sites for hydroxylation is 2. The van der Waals surface area contributed by atoms with Gasteiger partial charge in [0.2, 0.25) is 5.91 Å². The maximum absolute atomic E-state index is 12.0. The van der Waals surface area contributed by atoms with E-state index in [2.05, 4.69) is 16.4 Å². The molecule has 126 valence electrons. The molecule has 0 aliphatic rings. The minimum atomic E-state index is -0.159. The van der Waals surface area contributed by atoms with Gasteiger partial charge in [0.05, 0.1) is 0 Å². The Hall–Kier alpha value is -2.46. The lowest BCUT2D eigenvalue weighted by molar-refractivity contribution is -0.116. The highest BCUT2D eigenvalue weighted by Crippen LogP contribution is 2.10. The number of benzene rings is 1. The van der Waals surface area contributed by atoms with Gasteiger partial charge in [-0.3, -0.25) is 9.78 Å². The molecule has 0 radical (unpaired) electrons. The summed E-state index contributed by atoms with van der Waals surface area (Å²) in [5.41, 5.74) is 4.27. The molecular formula is C20H24N2O2. The summed E-state index contributed by atoms with van der Waals surface area (Å²) in [5, 5.41) is 12.3. The number of amides is 1. The largest absolute Gasteiger partial charge is 0.396 e. The number of aliphatic hydroxyl groups excluding tert-OH is 1. The van der Waals surface area contributed by atoms with Crippen molar-refractivity contribution in [1.82, 2.24) is 10.3 Å². The first kappa shape index (κ1) is 17.9. The van der Waals surface area contributed by atoms with Crippen LogP contribution in [0.2, 0.25) is 0 Å².